The van der Waals surface area contributed by atoms with Gasteiger partial charge >= 0.3 is 0 Å². The minimum atomic E-state index is -0.381. The highest BCUT2D eigenvalue weighted by atomic mass is 79.9. The van der Waals surface area contributed by atoms with E-state index < -0.39 is 0 Å². The number of para-hydroxylation sites is 1. The Morgan fingerprint density at radius 2 is 2.18 bits per heavy atom. The quantitative estimate of drug-likeness (QED) is 0.911. The number of anilines is 1. The average Bonchev–Trinajstić information content (AvgIpc) is 2.77. The van der Waals surface area contributed by atoms with Crippen LogP contribution in [-0.4, -0.2) is 5.91 Å². The van der Waals surface area contributed by atoms with Crippen molar-refractivity contribution in [3.05, 3.63) is 50.6 Å². The van der Waals surface area contributed by atoms with E-state index in [-0.39, 0.29) is 5.91 Å². The van der Waals surface area contributed by atoms with Crippen molar-refractivity contribution in [1.82, 2.24) is 0 Å². The predicted octanol–water partition coefficient (Wildman–Crippen LogP) is 3.22. The molecule has 17 heavy (non-hydrogen) atoms. The molecule has 1 amide bonds. The van der Waals surface area contributed by atoms with Crippen LogP contribution in [0.15, 0.2) is 40.2 Å². The third-order valence-electron chi connectivity index (χ3n) is 2.27. The Kier molecular flexibility index (Phi) is 3.81. The molecule has 0 spiro atoms. The lowest BCUT2D eigenvalue weighted by atomic mass is 10.3. The molecule has 0 radical (unpaired) electrons. The van der Waals surface area contributed by atoms with Crippen molar-refractivity contribution < 1.29 is 4.79 Å². The first-order valence-corrected chi connectivity index (χ1v) is 6.69. The maximum Gasteiger partial charge on any atom is 0.249 e. The van der Waals surface area contributed by atoms with Gasteiger partial charge in [0.15, 0.2) is 0 Å². The van der Waals surface area contributed by atoms with Crippen molar-refractivity contribution in [2.45, 2.75) is 6.54 Å². The van der Waals surface area contributed by atoms with Gasteiger partial charge in [-0.2, -0.15) is 0 Å². The molecule has 0 saturated carbocycles. The first kappa shape index (κ1) is 12.1. The van der Waals surface area contributed by atoms with Crippen molar-refractivity contribution in [3.63, 3.8) is 0 Å². The zero-order valence-electron chi connectivity index (χ0n) is 8.94. The molecule has 0 bridgehead atoms. The van der Waals surface area contributed by atoms with E-state index in [4.69, 9.17) is 5.73 Å². The number of hydrogen-bond donors (Lipinski definition) is 2. The minimum Gasteiger partial charge on any atom is -0.379 e. The zero-order chi connectivity index (χ0) is 12.3. The number of thiophene rings is 1. The zero-order valence-corrected chi connectivity index (χ0v) is 11.3. The Morgan fingerprint density at radius 3 is 2.82 bits per heavy atom. The lowest BCUT2D eigenvalue weighted by Crippen LogP contribution is -2.09. The summed E-state index contributed by atoms with van der Waals surface area (Å²) < 4.78 is 1.02. The molecule has 0 fully saturated rings. The van der Waals surface area contributed by atoms with Crippen LogP contribution in [0.4, 0.5) is 5.69 Å². The molecular weight excluding hydrogens is 300 g/mol. The maximum atomic E-state index is 10.9. The van der Waals surface area contributed by atoms with Crippen LogP contribution in [0.5, 0.6) is 0 Å². The molecule has 0 aliphatic carbocycles. The molecule has 88 valence electrons. The molecule has 5 heteroatoms. The standard InChI is InChI=1S/C12H11BrN2OS/c13-10-3-1-2-4-11(10)15-6-9-5-8(7-17-9)12(14)16/h1-5,7,15H,6H2,(H2,14,16). The number of carbonyl (C=O) groups excluding carboxylic acids is 1. The minimum absolute atomic E-state index is 0.381. The summed E-state index contributed by atoms with van der Waals surface area (Å²) >= 11 is 4.99. The Hall–Kier alpha value is -1.33. The van der Waals surface area contributed by atoms with Gasteiger partial charge in [-0.1, -0.05) is 12.1 Å². The Morgan fingerprint density at radius 1 is 1.41 bits per heavy atom. The van der Waals surface area contributed by atoms with Gasteiger partial charge in [-0.15, -0.1) is 11.3 Å². The highest BCUT2D eigenvalue weighted by Gasteiger charge is 2.05. The van der Waals surface area contributed by atoms with Crippen LogP contribution in [0, 0.1) is 0 Å². The number of amides is 1. The lowest BCUT2D eigenvalue weighted by Gasteiger charge is -2.06. The van der Waals surface area contributed by atoms with Crippen LogP contribution in [-0.2, 0) is 6.54 Å². The molecule has 1 aromatic heterocycles. The molecule has 1 aromatic carbocycles. The summed E-state index contributed by atoms with van der Waals surface area (Å²) in [6.07, 6.45) is 0. The second kappa shape index (κ2) is 5.33. The summed E-state index contributed by atoms with van der Waals surface area (Å²) in [5.74, 6) is -0.381. The third kappa shape index (κ3) is 3.08. The highest BCUT2D eigenvalue weighted by Crippen LogP contribution is 2.23. The number of nitrogens with one attached hydrogen (secondary N) is 1. The Labute approximate surface area is 112 Å². The average molecular weight is 311 g/mol. The molecule has 0 atom stereocenters. The monoisotopic (exact) mass is 310 g/mol. The number of benzene rings is 1. The van der Waals surface area contributed by atoms with Crippen LogP contribution >= 0.6 is 27.3 Å². The molecular formula is C12H11BrN2OS. The Balaban J connectivity index is 2.02. The summed E-state index contributed by atoms with van der Waals surface area (Å²) in [6.45, 7) is 0.681. The van der Waals surface area contributed by atoms with E-state index in [0.717, 1.165) is 15.0 Å². The lowest BCUT2D eigenvalue weighted by molar-refractivity contribution is 0.100. The van der Waals surface area contributed by atoms with Crippen molar-refractivity contribution in [2.75, 3.05) is 5.32 Å². The number of rotatable bonds is 4. The molecule has 3 N–H and O–H groups in total. The molecule has 3 nitrogen and oxygen atoms in total. The van der Waals surface area contributed by atoms with E-state index in [1.807, 2.05) is 30.3 Å². The molecule has 2 aromatic rings. The van der Waals surface area contributed by atoms with Crippen LogP contribution in [0.2, 0.25) is 0 Å². The molecule has 0 aliphatic rings. The van der Waals surface area contributed by atoms with Crippen LogP contribution in [0.25, 0.3) is 0 Å². The predicted molar refractivity (Wildman–Crippen MR) is 74.3 cm³/mol. The van der Waals surface area contributed by atoms with E-state index in [2.05, 4.69) is 21.2 Å². The van der Waals surface area contributed by atoms with Crippen LogP contribution in [0.3, 0.4) is 0 Å². The fraction of sp³-hybridized carbons (Fsp3) is 0.0833. The molecule has 0 unspecified atom stereocenters. The number of halogens is 1. The topological polar surface area (TPSA) is 55.1 Å². The smallest absolute Gasteiger partial charge is 0.249 e. The molecule has 1 heterocycles. The second-order valence-electron chi connectivity index (χ2n) is 3.50. The van der Waals surface area contributed by atoms with Gasteiger partial charge in [0.25, 0.3) is 0 Å². The van der Waals surface area contributed by atoms with E-state index in [9.17, 15) is 4.79 Å². The fourth-order valence-corrected chi connectivity index (χ4v) is 2.63. The normalized spacial score (nSPS) is 10.2. The summed E-state index contributed by atoms with van der Waals surface area (Å²) in [6, 6.07) is 9.72. The van der Waals surface area contributed by atoms with E-state index >= 15 is 0 Å². The van der Waals surface area contributed by atoms with Gasteiger partial charge in [0.2, 0.25) is 5.91 Å². The molecule has 0 aliphatic heterocycles. The summed E-state index contributed by atoms with van der Waals surface area (Å²) in [7, 11) is 0. The van der Waals surface area contributed by atoms with Gasteiger partial charge in [-0.3, -0.25) is 4.79 Å². The summed E-state index contributed by atoms with van der Waals surface area (Å²) in [4.78, 5) is 12.0. The van der Waals surface area contributed by atoms with Gasteiger partial charge in [0, 0.05) is 27.0 Å². The molecule has 0 saturated heterocycles. The van der Waals surface area contributed by atoms with Crippen LogP contribution in [0.1, 0.15) is 15.2 Å². The number of carbonyl (C=O) groups is 1. The second-order valence-corrected chi connectivity index (χ2v) is 5.35. The molecule has 2 rings (SSSR count). The largest absolute Gasteiger partial charge is 0.379 e. The van der Waals surface area contributed by atoms with Crippen LogP contribution < -0.4 is 11.1 Å². The van der Waals surface area contributed by atoms with Crippen molar-refractivity contribution >= 4 is 38.9 Å². The number of nitrogens with two attached hydrogens (primary N) is 1. The van der Waals surface area contributed by atoms with E-state index in [1.165, 1.54) is 11.3 Å². The Bertz CT molecular complexity index is 539. The summed E-state index contributed by atoms with van der Waals surface area (Å²) in [5.41, 5.74) is 6.80. The maximum absolute atomic E-state index is 10.9. The number of hydrogen-bond acceptors (Lipinski definition) is 3. The van der Waals surface area contributed by atoms with E-state index in [1.54, 1.807) is 5.38 Å². The van der Waals surface area contributed by atoms with Gasteiger partial charge < -0.3 is 11.1 Å². The van der Waals surface area contributed by atoms with Crippen molar-refractivity contribution in [1.29, 1.82) is 0 Å². The highest BCUT2D eigenvalue weighted by molar-refractivity contribution is 9.10. The third-order valence-corrected chi connectivity index (χ3v) is 3.89. The van der Waals surface area contributed by atoms with Gasteiger partial charge in [0.05, 0.1) is 5.56 Å². The SMILES string of the molecule is NC(=O)c1csc(CNc2ccccc2Br)c1. The first-order chi connectivity index (χ1) is 8.16. The van der Waals surface area contributed by atoms with Crippen molar-refractivity contribution in [3.8, 4) is 0 Å². The first-order valence-electron chi connectivity index (χ1n) is 5.02. The van der Waals surface area contributed by atoms with Gasteiger partial charge in [0.1, 0.15) is 0 Å². The fourth-order valence-electron chi connectivity index (χ4n) is 1.39. The summed E-state index contributed by atoms with van der Waals surface area (Å²) in [5, 5.41) is 5.07. The van der Waals surface area contributed by atoms with Crippen molar-refractivity contribution in [2.24, 2.45) is 5.73 Å². The van der Waals surface area contributed by atoms with Gasteiger partial charge in [-0.25, -0.2) is 0 Å². The van der Waals surface area contributed by atoms with Gasteiger partial charge in [-0.05, 0) is 34.1 Å². The van der Waals surface area contributed by atoms with E-state index in [0.29, 0.717) is 12.1 Å². The number of primary amides is 1.